The Labute approximate surface area is 112 Å². The summed E-state index contributed by atoms with van der Waals surface area (Å²) in [5.74, 6) is 2.46. The van der Waals surface area contributed by atoms with E-state index in [4.69, 9.17) is 4.98 Å². The lowest BCUT2D eigenvalue weighted by Gasteiger charge is -2.03. The van der Waals surface area contributed by atoms with Crippen molar-refractivity contribution in [3.05, 3.63) is 23.5 Å². The third-order valence-electron chi connectivity index (χ3n) is 3.69. The Morgan fingerprint density at radius 2 is 2.33 bits per heavy atom. The predicted molar refractivity (Wildman–Crippen MR) is 74.8 cm³/mol. The molecule has 1 aliphatic carbocycles. The molecule has 3 rings (SSSR count). The molecule has 1 unspecified atom stereocenters. The average Bonchev–Trinajstić information content (AvgIpc) is 2.89. The van der Waals surface area contributed by atoms with Crippen molar-refractivity contribution in [1.29, 1.82) is 0 Å². The molecule has 4 heteroatoms. The maximum Gasteiger partial charge on any atom is 0.169 e. The van der Waals surface area contributed by atoms with Crippen molar-refractivity contribution in [2.75, 3.05) is 0 Å². The first-order valence-electron chi connectivity index (χ1n) is 6.75. The van der Waals surface area contributed by atoms with Crippen LogP contribution in [0.4, 0.5) is 0 Å². The predicted octanol–water partition coefficient (Wildman–Crippen LogP) is 3.93. The van der Waals surface area contributed by atoms with Gasteiger partial charge in [-0.2, -0.15) is 0 Å². The van der Waals surface area contributed by atoms with Gasteiger partial charge in [0.1, 0.15) is 0 Å². The number of aromatic nitrogens is 3. The maximum absolute atomic E-state index is 4.82. The second-order valence-corrected chi connectivity index (χ2v) is 6.13. The Hall–Kier alpha value is -1.16. The van der Waals surface area contributed by atoms with Crippen LogP contribution in [0.15, 0.2) is 17.8 Å². The molecule has 3 nitrogen and oxygen atoms in total. The minimum atomic E-state index is 0.532. The zero-order chi connectivity index (χ0) is 12.5. The van der Waals surface area contributed by atoms with Crippen LogP contribution >= 0.6 is 11.3 Å². The minimum absolute atomic E-state index is 0.532. The lowest BCUT2D eigenvalue weighted by Crippen LogP contribution is -2.00. The van der Waals surface area contributed by atoms with Crippen LogP contribution in [0.1, 0.15) is 44.7 Å². The fraction of sp³-hybridized carbons (Fsp3) is 0.571. The fourth-order valence-corrected chi connectivity index (χ4v) is 2.75. The second-order valence-electron chi connectivity index (χ2n) is 5.23. The van der Waals surface area contributed by atoms with Gasteiger partial charge in [0.25, 0.3) is 0 Å². The highest BCUT2D eigenvalue weighted by atomic mass is 32.1. The van der Waals surface area contributed by atoms with E-state index < -0.39 is 0 Å². The summed E-state index contributed by atoms with van der Waals surface area (Å²) in [6.45, 7) is 5.57. The molecule has 18 heavy (non-hydrogen) atoms. The first-order valence-corrected chi connectivity index (χ1v) is 7.62. The molecular weight excluding hydrogens is 242 g/mol. The van der Waals surface area contributed by atoms with Gasteiger partial charge in [-0.1, -0.05) is 13.8 Å². The van der Waals surface area contributed by atoms with Gasteiger partial charge in [-0.05, 0) is 31.1 Å². The Morgan fingerprint density at radius 3 is 2.94 bits per heavy atom. The largest absolute Gasteiger partial charge is 0.328 e. The van der Waals surface area contributed by atoms with Gasteiger partial charge >= 0.3 is 0 Å². The Balaban J connectivity index is 1.95. The summed E-state index contributed by atoms with van der Waals surface area (Å²) < 4.78 is 2.32. The van der Waals surface area contributed by atoms with Crippen molar-refractivity contribution in [1.82, 2.24) is 14.5 Å². The smallest absolute Gasteiger partial charge is 0.169 e. The molecule has 0 radical (unpaired) electrons. The van der Waals surface area contributed by atoms with Crippen molar-refractivity contribution < 1.29 is 0 Å². The highest BCUT2D eigenvalue weighted by Gasteiger charge is 2.24. The summed E-state index contributed by atoms with van der Waals surface area (Å²) >= 11 is 1.68. The third-order valence-corrected chi connectivity index (χ3v) is 4.46. The van der Waals surface area contributed by atoms with Crippen molar-refractivity contribution in [2.24, 2.45) is 5.92 Å². The van der Waals surface area contributed by atoms with Gasteiger partial charge in [-0.25, -0.2) is 9.97 Å². The number of hydrogen-bond acceptors (Lipinski definition) is 3. The molecule has 2 aromatic rings. The van der Waals surface area contributed by atoms with E-state index in [1.54, 1.807) is 11.3 Å². The standard InChI is InChI=1S/C14H19N3S/c1-3-10(2)12-9-17(8-11-4-5-11)13(16-12)14-15-6-7-18-14/h6-7,9-11H,3-5,8H2,1-2H3. The molecule has 96 valence electrons. The van der Waals surface area contributed by atoms with Crippen LogP contribution in [0.2, 0.25) is 0 Å². The third kappa shape index (κ3) is 2.34. The van der Waals surface area contributed by atoms with Crippen molar-refractivity contribution in [3.8, 4) is 10.8 Å². The van der Waals surface area contributed by atoms with Crippen LogP contribution < -0.4 is 0 Å². The van der Waals surface area contributed by atoms with Crippen molar-refractivity contribution in [3.63, 3.8) is 0 Å². The van der Waals surface area contributed by atoms with Gasteiger partial charge in [0.15, 0.2) is 10.8 Å². The van der Waals surface area contributed by atoms with Gasteiger partial charge in [0.05, 0.1) is 5.69 Å². The van der Waals surface area contributed by atoms with E-state index in [1.807, 2.05) is 11.6 Å². The summed E-state index contributed by atoms with van der Waals surface area (Å²) in [6, 6.07) is 0. The number of hydrogen-bond donors (Lipinski definition) is 0. The molecule has 0 spiro atoms. The summed E-state index contributed by atoms with van der Waals surface area (Å²) in [5, 5.41) is 3.07. The van der Waals surface area contributed by atoms with E-state index in [0.717, 1.165) is 29.7 Å². The lowest BCUT2D eigenvalue weighted by molar-refractivity contribution is 0.629. The van der Waals surface area contributed by atoms with E-state index in [0.29, 0.717) is 5.92 Å². The second kappa shape index (κ2) is 4.84. The van der Waals surface area contributed by atoms with Crippen LogP contribution in [-0.2, 0) is 6.54 Å². The van der Waals surface area contributed by atoms with Gasteiger partial charge in [0.2, 0.25) is 0 Å². The van der Waals surface area contributed by atoms with E-state index in [-0.39, 0.29) is 0 Å². The topological polar surface area (TPSA) is 30.7 Å². The molecule has 0 aromatic carbocycles. The number of thiazole rings is 1. The van der Waals surface area contributed by atoms with Crippen molar-refractivity contribution in [2.45, 2.75) is 45.6 Å². The van der Waals surface area contributed by atoms with E-state index in [2.05, 4.69) is 29.6 Å². The highest BCUT2D eigenvalue weighted by molar-refractivity contribution is 7.13. The first kappa shape index (κ1) is 11.9. The molecule has 0 saturated heterocycles. The van der Waals surface area contributed by atoms with Gasteiger partial charge in [-0.15, -0.1) is 11.3 Å². The van der Waals surface area contributed by atoms with Crippen molar-refractivity contribution >= 4 is 11.3 Å². The van der Waals surface area contributed by atoms with Gasteiger partial charge < -0.3 is 4.57 Å². The van der Waals surface area contributed by atoms with Gasteiger partial charge in [0, 0.05) is 24.3 Å². The van der Waals surface area contributed by atoms with Crippen LogP contribution in [0.25, 0.3) is 10.8 Å². The summed E-state index contributed by atoms with van der Waals surface area (Å²) in [7, 11) is 0. The molecule has 0 bridgehead atoms. The minimum Gasteiger partial charge on any atom is -0.328 e. The highest BCUT2D eigenvalue weighted by Crippen LogP contribution is 2.33. The summed E-state index contributed by atoms with van der Waals surface area (Å²) in [6.07, 6.45) is 7.97. The zero-order valence-corrected chi connectivity index (χ0v) is 11.8. The van der Waals surface area contributed by atoms with E-state index >= 15 is 0 Å². The molecular formula is C14H19N3S. The quantitative estimate of drug-likeness (QED) is 0.816. The van der Waals surface area contributed by atoms with Crippen LogP contribution in [0.5, 0.6) is 0 Å². The van der Waals surface area contributed by atoms with Crippen LogP contribution in [0, 0.1) is 5.92 Å². The van der Waals surface area contributed by atoms with Crippen LogP contribution in [0.3, 0.4) is 0 Å². The van der Waals surface area contributed by atoms with Crippen LogP contribution in [-0.4, -0.2) is 14.5 Å². The summed E-state index contributed by atoms with van der Waals surface area (Å²) in [4.78, 5) is 9.22. The monoisotopic (exact) mass is 261 g/mol. The number of rotatable bonds is 5. The average molecular weight is 261 g/mol. The Kier molecular flexibility index (Phi) is 3.20. The molecule has 1 fully saturated rings. The van der Waals surface area contributed by atoms with E-state index in [1.165, 1.54) is 18.5 Å². The molecule has 0 amide bonds. The first-order chi connectivity index (χ1) is 8.78. The SMILES string of the molecule is CCC(C)c1cn(CC2CC2)c(-c2nccs2)n1. The molecule has 1 atom stereocenters. The van der Waals surface area contributed by atoms with Gasteiger partial charge in [-0.3, -0.25) is 0 Å². The molecule has 0 N–H and O–H groups in total. The maximum atomic E-state index is 4.82. The normalized spacial score (nSPS) is 17.0. The molecule has 2 heterocycles. The Morgan fingerprint density at radius 1 is 1.50 bits per heavy atom. The number of imidazole rings is 1. The number of nitrogens with zero attached hydrogens (tertiary/aromatic N) is 3. The van der Waals surface area contributed by atoms with E-state index in [9.17, 15) is 0 Å². The molecule has 0 aliphatic heterocycles. The lowest BCUT2D eigenvalue weighted by atomic mass is 10.1. The molecule has 1 aliphatic rings. The Bertz CT molecular complexity index is 511. The molecule has 2 aromatic heterocycles. The summed E-state index contributed by atoms with van der Waals surface area (Å²) in [5.41, 5.74) is 1.21. The molecule has 1 saturated carbocycles. The fourth-order valence-electron chi connectivity index (χ4n) is 2.11. The zero-order valence-electron chi connectivity index (χ0n) is 11.0.